The fraction of sp³-hybridized carbons (Fsp3) is 0.308. The molecule has 2 aromatic carbocycles. The van der Waals surface area contributed by atoms with E-state index in [9.17, 15) is 9.18 Å². The second-order valence-corrected chi connectivity index (χ2v) is 9.06. The first-order chi connectivity index (χ1) is 16.0. The van der Waals surface area contributed by atoms with Gasteiger partial charge < -0.3 is 13.8 Å². The van der Waals surface area contributed by atoms with Gasteiger partial charge in [-0.25, -0.2) is 14.2 Å². The fourth-order valence-corrected chi connectivity index (χ4v) is 4.84. The molecule has 0 saturated heterocycles. The number of hydrogen-bond donors (Lipinski definition) is 0. The van der Waals surface area contributed by atoms with E-state index in [1.807, 2.05) is 34.6 Å². The Morgan fingerprint density at radius 1 is 1.15 bits per heavy atom. The Labute approximate surface area is 198 Å². The van der Waals surface area contributed by atoms with Crippen molar-refractivity contribution in [2.45, 2.75) is 44.0 Å². The normalized spacial score (nSPS) is 13.3. The molecule has 0 bridgehead atoms. The smallest absolute Gasteiger partial charge is 0.337 e. The van der Waals surface area contributed by atoms with Gasteiger partial charge in [-0.2, -0.15) is 0 Å². The van der Waals surface area contributed by atoms with Gasteiger partial charge >= 0.3 is 5.97 Å². The molecule has 172 valence electrons. The van der Waals surface area contributed by atoms with Gasteiger partial charge in [0.15, 0.2) is 0 Å². The molecule has 0 N–H and O–H groups in total. The van der Waals surface area contributed by atoms with Crippen LogP contribution in [0.25, 0.3) is 0 Å². The lowest BCUT2D eigenvalue weighted by Crippen LogP contribution is -2.23. The monoisotopic (exact) mass is 466 g/mol. The third-order valence-electron chi connectivity index (χ3n) is 5.47. The molecule has 0 radical (unpaired) electrons. The van der Waals surface area contributed by atoms with Gasteiger partial charge in [0.25, 0.3) is 0 Å². The minimum atomic E-state index is -1.02. The van der Waals surface area contributed by atoms with Crippen LogP contribution in [-0.2, 0) is 24.2 Å². The van der Waals surface area contributed by atoms with E-state index < -0.39 is 6.17 Å². The molecule has 1 aromatic heterocycles. The summed E-state index contributed by atoms with van der Waals surface area (Å²) in [5.41, 5.74) is 4.84. The molecule has 1 aliphatic rings. The van der Waals surface area contributed by atoms with Gasteiger partial charge in [-0.05, 0) is 79.3 Å². The first-order valence-corrected chi connectivity index (χ1v) is 11.8. The van der Waals surface area contributed by atoms with E-state index in [1.54, 1.807) is 25.3 Å². The number of alkyl halides is 1. The molecule has 1 unspecified atom stereocenters. The van der Waals surface area contributed by atoms with Gasteiger partial charge in [-0.15, -0.1) is 0 Å². The maximum atomic E-state index is 14.2. The van der Waals surface area contributed by atoms with Crippen molar-refractivity contribution in [1.29, 1.82) is 0 Å². The summed E-state index contributed by atoms with van der Waals surface area (Å²) in [5.74, 6) is 0.350. The molecule has 7 heteroatoms. The second kappa shape index (κ2) is 10.7. The third kappa shape index (κ3) is 5.85. The minimum absolute atomic E-state index is 0.213. The number of benzene rings is 2. The van der Waals surface area contributed by atoms with Crippen molar-refractivity contribution < 1.29 is 18.7 Å². The number of nitrogens with zero attached hydrogens (tertiary/aromatic N) is 2. The molecule has 1 atom stereocenters. The highest BCUT2D eigenvalue weighted by Crippen LogP contribution is 2.40. The minimum Gasteiger partial charge on any atom is -0.487 e. The predicted molar refractivity (Wildman–Crippen MR) is 129 cm³/mol. The summed E-state index contributed by atoms with van der Waals surface area (Å²) in [4.78, 5) is 16.1. The zero-order valence-corrected chi connectivity index (χ0v) is 19.6. The molecule has 1 heterocycles. The quantitative estimate of drug-likeness (QED) is 0.293. The molecule has 1 aliphatic carbocycles. The summed E-state index contributed by atoms with van der Waals surface area (Å²) in [6, 6.07) is 17.1. The summed E-state index contributed by atoms with van der Waals surface area (Å²) in [7, 11) is 1.36. The number of carbonyl (C=O) groups is 1. The van der Waals surface area contributed by atoms with Crippen LogP contribution < -0.4 is 9.04 Å². The van der Waals surface area contributed by atoms with Crippen LogP contribution in [0.1, 0.15) is 40.4 Å². The number of aromatic nitrogens is 1. The number of ether oxygens (including phenoxy) is 2. The third-order valence-corrected chi connectivity index (χ3v) is 6.47. The number of hydrogen-bond acceptors (Lipinski definition) is 6. The van der Waals surface area contributed by atoms with E-state index in [0.29, 0.717) is 12.2 Å². The van der Waals surface area contributed by atoms with Gasteiger partial charge in [0.05, 0.1) is 24.9 Å². The van der Waals surface area contributed by atoms with Crippen LogP contribution in [0.4, 0.5) is 10.1 Å². The Morgan fingerprint density at radius 3 is 2.58 bits per heavy atom. The van der Waals surface area contributed by atoms with Crippen LogP contribution in [-0.4, -0.2) is 30.8 Å². The van der Waals surface area contributed by atoms with Crippen LogP contribution in [0.2, 0.25) is 0 Å². The van der Waals surface area contributed by atoms with Crippen LogP contribution in [0, 0.1) is 0 Å². The highest BCUT2D eigenvalue weighted by molar-refractivity contribution is 8.00. The molecular weight excluding hydrogens is 439 g/mol. The Balaban J connectivity index is 1.60. The summed E-state index contributed by atoms with van der Waals surface area (Å²) in [6.07, 6.45) is 3.86. The molecule has 0 aliphatic heterocycles. The first kappa shape index (κ1) is 23.1. The van der Waals surface area contributed by atoms with E-state index in [0.717, 1.165) is 41.3 Å². The predicted octanol–water partition coefficient (Wildman–Crippen LogP) is 5.81. The Morgan fingerprint density at radius 2 is 1.91 bits per heavy atom. The lowest BCUT2D eigenvalue weighted by atomic mass is 10.1. The van der Waals surface area contributed by atoms with Crippen LogP contribution in [0.5, 0.6) is 5.75 Å². The largest absolute Gasteiger partial charge is 0.487 e. The number of methoxy groups -OCH3 is 1. The Hall–Kier alpha value is -3.06. The fourth-order valence-electron chi connectivity index (χ4n) is 3.84. The van der Waals surface area contributed by atoms with E-state index in [1.165, 1.54) is 30.2 Å². The topological polar surface area (TPSA) is 51.7 Å². The van der Waals surface area contributed by atoms with E-state index >= 15 is 0 Å². The summed E-state index contributed by atoms with van der Waals surface area (Å²) in [5, 5.41) is 0.794. The van der Waals surface area contributed by atoms with Crippen molar-refractivity contribution in [3.05, 3.63) is 83.0 Å². The number of rotatable bonds is 9. The Bertz CT molecular complexity index is 1090. The van der Waals surface area contributed by atoms with E-state index in [2.05, 4.69) is 17.1 Å². The van der Waals surface area contributed by atoms with Crippen LogP contribution >= 0.6 is 11.9 Å². The molecule has 0 amide bonds. The van der Waals surface area contributed by atoms with Crippen molar-refractivity contribution in [2.24, 2.45) is 0 Å². The second-order valence-electron chi connectivity index (χ2n) is 8.02. The lowest BCUT2D eigenvalue weighted by molar-refractivity contribution is 0.0600. The average molecular weight is 467 g/mol. The van der Waals surface area contributed by atoms with Gasteiger partial charge in [0.2, 0.25) is 0 Å². The summed E-state index contributed by atoms with van der Waals surface area (Å²) >= 11 is 1.41. The standard InChI is InChI=1S/C26H27FN2O3S/c1-18(27)16-29(33-25-8-3-4-13-28-25)23-14-21-6-5-7-22(21)15-24(23)32-17-19-9-11-20(12-10-19)26(30)31-2/h3-4,8-15,18H,5-7,16-17H2,1-2H3. The number of fused-ring (bicyclic) bond motifs is 1. The molecular formula is C26H27FN2O3S. The van der Waals surface area contributed by atoms with Crippen molar-refractivity contribution in [1.82, 2.24) is 4.98 Å². The number of aryl methyl sites for hydroxylation is 2. The summed E-state index contributed by atoms with van der Waals surface area (Å²) < 4.78 is 27.1. The van der Waals surface area contributed by atoms with Crippen LogP contribution in [0.15, 0.2) is 65.8 Å². The Kier molecular flexibility index (Phi) is 7.50. The number of carbonyl (C=O) groups excluding carboxylic acids is 1. The van der Waals surface area contributed by atoms with Crippen molar-refractivity contribution in [3.8, 4) is 5.75 Å². The van der Waals surface area contributed by atoms with Gasteiger partial charge in [-0.1, -0.05) is 18.2 Å². The number of pyridine rings is 1. The highest BCUT2D eigenvalue weighted by Gasteiger charge is 2.22. The maximum Gasteiger partial charge on any atom is 0.337 e. The summed E-state index contributed by atoms with van der Waals surface area (Å²) in [6.45, 7) is 2.10. The molecule has 0 spiro atoms. The van der Waals surface area contributed by atoms with Crippen molar-refractivity contribution in [2.75, 3.05) is 18.0 Å². The highest BCUT2D eigenvalue weighted by atomic mass is 32.2. The van der Waals surface area contributed by atoms with E-state index in [-0.39, 0.29) is 12.5 Å². The molecule has 0 fully saturated rings. The number of esters is 1. The van der Waals surface area contributed by atoms with Gasteiger partial charge in [0.1, 0.15) is 23.6 Å². The molecule has 4 rings (SSSR count). The zero-order valence-electron chi connectivity index (χ0n) is 18.8. The zero-order chi connectivity index (χ0) is 23.2. The molecule has 33 heavy (non-hydrogen) atoms. The van der Waals surface area contributed by atoms with Crippen LogP contribution in [0.3, 0.4) is 0 Å². The van der Waals surface area contributed by atoms with Gasteiger partial charge in [-0.3, -0.25) is 0 Å². The van der Waals surface area contributed by atoms with Crippen molar-refractivity contribution >= 4 is 23.6 Å². The molecule has 5 nitrogen and oxygen atoms in total. The molecule has 3 aromatic rings. The maximum absolute atomic E-state index is 14.2. The lowest BCUT2D eigenvalue weighted by Gasteiger charge is -2.26. The first-order valence-electron chi connectivity index (χ1n) is 11.0. The van der Waals surface area contributed by atoms with Crippen molar-refractivity contribution in [3.63, 3.8) is 0 Å². The van der Waals surface area contributed by atoms with E-state index in [4.69, 9.17) is 9.47 Å². The van der Waals surface area contributed by atoms with Gasteiger partial charge in [0, 0.05) is 18.1 Å². The SMILES string of the molecule is COC(=O)c1ccc(COc2cc3c(cc2N(CC(C)F)Sc2ccccn2)CCC3)cc1. The molecule has 0 saturated carbocycles. The number of halogens is 1. The number of anilines is 1. The average Bonchev–Trinajstić information content (AvgIpc) is 3.29.